The molecule has 1 aromatic rings. The first-order valence-electron chi connectivity index (χ1n) is 6.29. The molecule has 0 heterocycles. The van der Waals surface area contributed by atoms with E-state index in [2.05, 4.69) is 31.3 Å². The highest BCUT2D eigenvalue weighted by molar-refractivity contribution is 5.85. The molecule has 0 aliphatic heterocycles. The molecule has 2 nitrogen and oxygen atoms in total. The maximum Gasteiger partial charge on any atom is 0.119 e. The van der Waals surface area contributed by atoms with Crippen molar-refractivity contribution < 1.29 is 4.74 Å². The summed E-state index contributed by atoms with van der Waals surface area (Å²) in [5.41, 5.74) is 1.32. The molecule has 0 amide bonds. The zero-order chi connectivity index (χ0) is 11.6. The fraction of sp³-hybridized carbons (Fsp3) is 0.571. The van der Waals surface area contributed by atoms with Crippen LogP contribution in [0, 0.1) is 0 Å². The highest BCUT2D eigenvalue weighted by Gasteiger charge is 1.94. The predicted octanol–water partition coefficient (Wildman–Crippen LogP) is 3.79. The van der Waals surface area contributed by atoms with Gasteiger partial charge in [-0.2, -0.15) is 0 Å². The van der Waals surface area contributed by atoms with E-state index in [4.69, 9.17) is 4.74 Å². The molecule has 0 saturated carbocycles. The molecule has 0 aliphatic rings. The van der Waals surface area contributed by atoms with Gasteiger partial charge in [-0.15, -0.1) is 12.4 Å². The van der Waals surface area contributed by atoms with Crippen LogP contribution >= 0.6 is 12.4 Å². The maximum atomic E-state index is 5.53. The summed E-state index contributed by atoms with van der Waals surface area (Å²) in [4.78, 5) is 0. The minimum Gasteiger partial charge on any atom is -0.494 e. The number of ether oxygens (including phenoxy) is 1. The van der Waals surface area contributed by atoms with Crippen LogP contribution < -0.4 is 10.1 Å². The summed E-state index contributed by atoms with van der Waals surface area (Å²) in [7, 11) is 0. The van der Waals surface area contributed by atoms with E-state index in [1.165, 1.54) is 18.4 Å². The van der Waals surface area contributed by atoms with E-state index in [0.29, 0.717) is 0 Å². The second-order valence-electron chi connectivity index (χ2n) is 4.02. The van der Waals surface area contributed by atoms with Crippen molar-refractivity contribution in [2.45, 2.75) is 39.7 Å². The lowest BCUT2D eigenvalue weighted by Crippen LogP contribution is -2.14. The molecular weight excluding hydrogens is 234 g/mol. The van der Waals surface area contributed by atoms with Crippen molar-refractivity contribution in [3.8, 4) is 5.75 Å². The molecule has 98 valence electrons. The van der Waals surface area contributed by atoms with Gasteiger partial charge < -0.3 is 10.1 Å². The van der Waals surface area contributed by atoms with Crippen molar-refractivity contribution in [2.24, 2.45) is 0 Å². The lowest BCUT2D eigenvalue weighted by Gasteiger charge is -2.07. The number of halogens is 1. The van der Waals surface area contributed by atoms with Crippen LogP contribution in [0.15, 0.2) is 24.3 Å². The minimum absolute atomic E-state index is 0. The fourth-order valence-electron chi connectivity index (χ4n) is 1.46. The average Bonchev–Trinajstić information content (AvgIpc) is 2.33. The Morgan fingerprint density at radius 3 is 2.35 bits per heavy atom. The Morgan fingerprint density at radius 2 is 1.76 bits per heavy atom. The normalized spacial score (nSPS) is 9.76. The standard InChI is InChI=1S/C14H23NO.ClH/c1-3-5-10-15-12-13-6-8-14(9-7-13)16-11-4-2;/h6-9,15H,3-5,10-12H2,1-2H3;1H. The first-order chi connectivity index (χ1) is 7.86. The third kappa shape index (κ3) is 7.24. The van der Waals surface area contributed by atoms with Crippen LogP contribution in [0.1, 0.15) is 38.7 Å². The van der Waals surface area contributed by atoms with Crippen LogP contribution in [0.2, 0.25) is 0 Å². The van der Waals surface area contributed by atoms with Crippen LogP contribution in [0.5, 0.6) is 5.75 Å². The second-order valence-corrected chi connectivity index (χ2v) is 4.02. The number of nitrogens with one attached hydrogen (secondary N) is 1. The quantitative estimate of drug-likeness (QED) is 0.716. The van der Waals surface area contributed by atoms with Crippen LogP contribution in [0.4, 0.5) is 0 Å². The molecule has 1 rings (SSSR count). The van der Waals surface area contributed by atoms with Gasteiger partial charge in [0.1, 0.15) is 5.75 Å². The van der Waals surface area contributed by atoms with Gasteiger partial charge in [0.25, 0.3) is 0 Å². The number of unbranched alkanes of at least 4 members (excludes halogenated alkanes) is 1. The molecule has 0 bridgehead atoms. The molecule has 0 aromatic heterocycles. The summed E-state index contributed by atoms with van der Waals surface area (Å²) in [6.07, 6.45) is 3.55. The van der Waals surface area contributed by atoms with Gasteiger partial charge in [-0.05, 0) is 37.1 Å². The highest BCUT2D eigenvalue weighted by atomic mass is 35.5. The average molecular weight is 258 g/mol. The monoisotopic (exact) mass is 257 g/mol. The topological polar surface area (TPSA) is 21.3 Å². The van der Waals surface area contributed by atoms with Crippen molar-refractivity contribution in [3.63, 3.8) is 0 Å². The molecule has 3 heteroatoms. The Bertz CT molecular complexity index is 274. The van der Waals surface area contributed by atoms with Gasteiger partial charge in [-0.3, -0.25) is 0 Å². The Labute approximate surface area is 111 Å². The van der Waals surface area contributed by atoms with Crippen LogP contribution in [-0.4, -0.2) is 13.2 Å². The maximum absolute atomic E-state index is 5.53. The van der Waals surface area contributed by atoms with E-state index >= 15 is 0 Å². The van der Waals surface area contributed by atoms with E-state index in [1.807, 2.05) is 12.1 Å². The lowest BCUT2D eigenvalue weighted by atomic mass is 10.2. The van der Waals surface area contributed by atoms with E-state index in [0.717, 1.165) is 31.9 Å². The van der Waals surface area contributed by atoms with E-state index < -0.39 is 0 Å². The summed E-state index contributed by atoms with van der Waals surface area (Å²) in [6, 6.07) is 8.35. The number of hydrogen-bond acceptors (Lipinski definition) is 2. The van der Waals surface area contributed by atoms with Crippen molar-refractivity contribution in [3.05, 3.63) is 29.8 Å². The second kappa shape index (κ2) is 10.4. The van der Waals surface area contributed by atoms with Crippen molar-refractivity contribution >= 4 is 12.4 Å². The Morgan fingerprint density at radius 1 is 1.06 bits per heavy atom. The smallest absolute Gasteiger partial charge is 0.119 e. The molecule has 1 aromatic carbocycles. The molecule has 0 saturated heterocycles. The van der Waals surface area contributed by atoms with Gasteiger partial charge in [-0.1, -0.05) is 32.4 Å². The largest absolute Gasteiger partial charge is 0.494 e. The van der Waals surface area contributed by atoms with Gasteiger partial charge >= 0.3 is 0 Å². The van der Waals surface area contributed by atoms with E-state index in [1.54, 1.807) is 0 Å². The Balaban J connectivity index is 0.00000256. The van der Waals surface area contributed by atoms with Crippen molar-refractivity contribution in [1.29, 1.82) is 0 Å². The molecule has 0 atom stereocenters. The van der Waals surface area contributed by atoms with Crippen molar-refractivity contribution in [1.82, 2.24) is 5.32 Å². The zero-order valence-electron chi connectivity index (χ0n) is 10.9. The third-order valence-corrected chi connectivity index (χ3v) is 2.43. The summed E-state index contributed by atoms with van der Waals surface area (Å²) >= 11 is 0. The molecule has 17 heavy (non-hydrogen) atoms. The SMILES string of the molecule is CCCCNCc1ccc(OCCC)cc1.Cl. The molecular formula is C14H24ClNO. The Kier molecular flexibility index (Phi) is 9.98. The fourth-order valence-corrected chi connectivity index (χ4v) is 1.46. The number of hydrogen-bond donors (Lipinski definition) is 1. The molecule has 0 unspecified atom stereocenters. The summed E-state index contributed by atoms with van der Waals surface area (Å²) in [6.45, 7) is 7.18. The third-order valence-electron chi connectivity index (χ3n) is 2.43. The molecule has 1 N–H and O–H groups in total. The summed E-state index contributed by atoms with van der Waals surface area (Å²) < 4.78 is 5.53. The van der Waals surface area contributed by atoms with Gasteiger partial charge in [0.05, 0.1) is 6.61 Å². The van der Waals surface area contributed by atoms with E-state index in [9.17, 15) is 0 Å². The molecule has 0 spiro atoms. The van der Waals surface area contributed by atoms with Crippen LogP contribution in [0.25, 0.3) is 0 Å². The van der Waals surface area contributed by atoms with Crippen LogP contribution in [0.3, 0.4) is 0 Å². The molecule has 0 radical (unpaired) electrons. The predicted molar refractivity (Wildman–Crippen MR) is 76.1 cm³/mol. The summed E-state index contributed by atoms with van der Waals surface area (Å²) in [5.74, 6) is 0.971. The van der Waals surface area contributed by atoms with Crippen molar-refractivity contribution in [2.75, 3.05) is 13.2 Å². The number of rotatable bonds is 8. The lowest BCUT2D eigenvalue weighted by molar-refractivity contribution is 0.317. The van der Waals surface area contributed by atoms with Gasteiger partial charge in [0, 0.05) is 6.54 Å². The van der Waals surface area contributed by atoms with Crippen LogP contribution in [-0.2, 0) is 6.54 Å². The number of benzene rings is 1. The van der Waals surface area contributed by atoms with Gasteiger partial charge in [0.15, 0.2) is 0 Å². The first-order valence-corrected chi connectivity index (χ1v) is 6.29. The first kappa shape index (κ1) is 16.3. The minimum atomic E-state index is 0. The molecule has 0 fully saturated rings. The molecule has 0 aliphatic carbocycles. The van der Waals surface area contributed by atoms with Gasteiger partial charge in [-0.25, -0.2) is 0 Å². The Hall–Kier alpha value is -0.730. The van der Waals surface area contributed by atoms with E-state index in [-0.39, 0.29) is 12.4 Å². The van der Waals surface area contributed by atoms with Gasteiger partial charge in [0.2, 0.25) is 0 Å². The highest BCUT2D eigenvalue weighted by Crippen LogP contribution is 2.12. The zero-order valence-corrected chi connectivity index (χ0v) is 11.7. The summed E-state index contributed by atoms with van der Waals surface area (Å²) in [5, 5.41) is 3.42.